The van der Waals surface area contributed by atoms with E-state index in [1.807, 2.05) is 20.8 Å². The number of carboxylic acid groups (broad SMARTS) is 1. The topological polar surface area (TPSA) is 111 Å². The summed E-state index contributed by atoms with van der Waals surface area (Å²) in [5.74, 6) is 0.253. The van der Waals surface area contributed by atoms with Gasteiger partial charge in [-0.25, -0.2) is 14.8 Å². The molecule has 8 nitrogen and oxygen atoms in total. The number of nitrogens with zero attached hydrogens (tertiary/aromatic N) is 3. The predicted molar refractivity (Wildman–Crippen MR) is 89.3 cm³/mol. The van der Waals surface area contributed by atoms with Crippen LogP contribution in [0.5, 0.6) is 5.75 Å². The first-order valence-electron chi connectivity index (χ1n) is 7.57. The molecular weight excluding hydrogens is 336 g/mol. The van der Waals surface area contributed by atoms with Gasteiger partial charge in [-0.2, -0.15) is 0 Å². The van der Waals surface area contributed by atoms with E-state index in [0.717, 1.165) is 0 Å². The summed E-state index contributed by atoms with van der Waals surface area (Å²) in [6.07, 6.45) is 0.480. The maximum absolute atomic E-state index is 11.8. The van der Waals surface area contributed by atoms with E-state index >= 15 is 0 Å². The van der Waals surface area contributed by atoms with Crippen LogP contribution in [0.2, 0.25) is 5.15 Å². The van der Waals surface area contributed by atoms with E-state index in [2.05, 4.69) is 9.97 Å². The summed E-state index contributed by atoms with van der Waals surface area (Å²) in [4.78, 5) is 20.9. The monoisotopic (exact) mass is 358 g/mol. The van der Waals surface area contributed by atoms with Crippen molar-refractivity contribution in [1.29, 1.82) is 0 Å². The number of hydrogen-bond acceptors (Lipinski definition) is 6. The Bertz CT molecular complexity index is 602. The molecule has 0 unspecified atom stereocenters. The summed E-state index contributed by atoms with van der Waals surface area (Å²) in [7, 11) is 1.57. The van der Waals surface area contributed by atoms with Gasteiger partial charge in [0.25, 0.3) is 0 Å². The maximum atomic E-state index is 11.8. The lowest BCUT2D eigenvalue weighted by atomic mass is 9.70. The molecular formula is C15H23ClN4O4. The molecule has 134 valence electrons. The smallest absolute Gasteiger partial charge is 0.407 e. The van der Waals surface area contributed by atoms with Gasteiger partial charge >= 0.3 is 6.09 Å². The lowest BCUT2D eigenvalue weighted by molar-refractivity contribution is -0.0810. The Morgan fingerprint density at radius 3 is 2.71 bits per heavy atom. The number of nitrogen functional groups attached to an aromatic ring is 1. The summed E-state index contributed by atoms with van der Waals surface area (Å²) in [5, 5.41) is 9.75. The molecule has 3 N–H and O–H groups in total. The van der Waals surface area contributed by atoms with Crippen LogP contribution in [0.4, 0.5) is 10.6 Å². The van der Waals surface area contributed by atoms with Crippen LogP contribution in [0.25, 0.3) is 0 Å². The molecule has 0 bridgehead atoms. The van der Waals surface area contributed by atoms with E-state index in [1.165, 1.54) is 11.2 Å². The molecule has 0 radical (unpaired) electrons. The third-order valence-corrected chi connectivity index (χ3v) is 4.94. The average Bonchev–Trinajstić information content (AvgIpc) is 2.86. The van der Waals surface area contributed by atoms with E-state index in [-0.39, 0.29) is 29.4 Å². The second-order valence-corrected chi connectivity index (χ2v) is 7.15. The number of amides is 1. The number of carbonyl (C=O) groups is 1. The maximum Gasteiger partial charge on any atom is 0.407 e. The molecule has 2 rings (SSSR count). The SMILES string of the molecule is CO[C@H]1CCN(C(=O)O)[C@@]1(COc1c(N)ncnc1Cl)C(C)(C)C. The molecule has 0 aliphatic carbocycles. The molecule has 1 aromatic rings. The minimum Gasteiger partial charge on any atom is -0.484 e. The second-order valence-electron chi connectivity index (χ2n) is 6.79. The highest BCUT2D eigenvalue weighted by Gasteiger charge is 2.59. The van der Waals surface area contributed by atoms with E-state index in [0.29, 0.717) is 13.0 Å². The van der Waals surface area contributed by atoms with Gasteiger partial charge in [0.2, 0.25) is 0 Å². The van der Waals surface area contributed by atoms with Crippen LogP contribution in [-0.2, 0) is 4.74 Å². The summed E-state index contributed by atoms with van der Waals surface area (Å²) in [5.41, 5.74) is 4.44. The van der Waals surface area contributed by atoms with Crippen molar-refractivity contribution in [3.8, 4) is 5.75 Å². The lowest BCUT2D eigenvalue weighted by Gasteiger charge is -2.49. The van der Waals surface area contributed by atoms with Gasteiger partial charge in [0.15, 0.2) is 16.7 Å². The zero-order valence-electron chi connectivity index (χ0n) is 14.2. The van der Waals surface area contributed by atoms with Crippen LogP contribution in [0.15, 0.2) is 6.33 Å². The summed E-state index contributed by atoms with van der Waals surface area (Å²) < 4.78 is 11.4. The Morgan fingerprint density at radius 1 is 1.54 bits per heavy atom. The Kier molecular flexibility index (Phi) is 5.10. The molecule has 1 aromatic heterocycles. The first-order valence-corrected chi connectivity index (χ1v) is 7.95. The molecule has 0 aromatic carbocycles. The van der Waals surface area contributed by atoms with Crippen molar-refractivity contribution in [3.05, 3.63) is 11.5 Å². The third kappa shape index (κ3) is 2.95. The summed E-state index contributed by atoms with van der Waals surface area (Å²) in [6, 6.07) is 0. The van der Waals surface area contributed by atoms with Gasteiger partial charge in [0, 0.05) is 13.7 Å². The van der Waals surface area contributed by atoms with Crippen LogP contribution in [0, 0.1) is 5.41 Å². The minimum atomic E-state index is -1.02. The van der Waals surface area contributed by atoms with Crippen molar-refractivity contribution in [2.24, 2.45) is 5.41 Å². The first-order chi connectivity index (χ1) is 11.1. The summed E-state index contributed by atoms with van der Waals surface area (Å²) >= 11 is 6.03. The van der Waals surface area contributed by atoms with Gasteiger partial charge in [-0.05, 0) is 11.8 Å². The third-order valence-electron chi connectivity index (χ3n) is 4.67. The van der Waals surface area contributed by atoms with Crippen molar-refractivity contribution in [3.63, 3.8) is 0 Å². The zero-order chi connectivity index (χ0) is 18.1. The number of halogens is 1. The number of rotatable bonds is 4. The lowest BCUT2D eigenvalue weighted by Crippen LogP contribution is -2.64. The molecule has 1 saturated heterocycles. The van der Waals surface area contributed by atoms with Gasteiger partial charge < -0.3 is 20.3 Å². The minimum absolute atomic E-state index is 0.0264. The first kappa shape index (κ1) is 18.5. The second kappa shape index (κ2) is 6.60. The number of hydrogen-bond donors (Lipinski definition) is 2. The zero-order valence-corrected chi connectivity index (χ0v) is 15.0. The van der Waals surface area contributed by atoms with Crippen molar-refractivity contribution in [2.45, 2.75) is 38.8 Å². The number of ether oxygens (including phenoxy) is 2. The molecule has 24 heavy (non-hydrogen) atoms. The van der Waals surface area contributed by atoms with Gasteiger partial charge in [-0.1, -0.05) is 32.4 Å². The average molecular weight is 359 g/mol. The van der Waals surface area contributed by atoms with Crippen molar-refractivity contribution in [1.82, 2.24) is 14.9 Å². The fourth-order valence-electron chi connectivity index (χ4n) is 3.39. The highest BCUT2D eigenvalue weighted by molar-refractivity contribution is 6.31. The Balaban J connectivity index is 2.43. The van der Waals surface area contributed by atoms with Gasteiger partial charge in [-0.15, -0.1) is 0 Å². The van der Waals surface area contributed by atoms with Crippen LogP contribution in [0.1, 0.15) is 27.2 Å². The molecule has 0 spiro atoms. The van der Waals surface area contributed by atoms with Crippen LogP contribution < -0.4 is 10.5 Å². The standard InChI is InChI=1S/C15H23ClN4O4/c1-14(2,3)15(9(23-4)5-6-20(15)13(21)22)7-24-10-11(16)18-8-19-12(10)17/h8-9H,5-7H2,1-4H3,(H,21,22)(H2,17,18,19)/t9-,15+/m0/s1. The number of likely N-dealkylation sites (tertiary alicyclic amines) is 1. The quantitative estimate of drug-likeness (QED) is 0.794. The highest BCUT2D eigenvalue weighted by atomic mass is 35.5. The van der Waals surface area contributed by atoms with Crippen LogP contribution in [-0.4, -0.2) is 58.0 Å². The van der Waals surface area contributed by atoms with Crippen molar-refractivity contribution >= 4 is 23.5 Å². The molecule has 1 aliphatic heterocycles. The summed E-state index contributed by atoms with van der Waals surface area (Å²) in [6.45, 7) is 6.25. The van der Waals surface area contributed by atoms with Crippen molar-refractivity contribution in [2.75, 3.05) is 26.0 Å². The predicted octanol–water partition coefficient (Wildman–Crippen LogP) is 2.27. The van der Waals surface area contributed by atoms with Crippen LogP contribution in [0.3, 0.4) is 0 Å². The molecule has 1 amide bonds. The molecule has 9 heteroatoms. The normalized spacial score (nSPS) is 24.2. The van der Waals surface area contributed by atoms with Gasteiger partial charge in [0.1, 0.15) is 18.5 Å². The van der Waals surface area contributed by atoms with Gasteiger partial charge in [-0.3, -0.25) is 4.90 Å². The van der Waals surface area contributed by atoms with E-state index in [9.17, 15) is 9.90 Å². The molecule has 2 atom stereocenters. The Hall–Kier alpha value is -1.80. The van der Waals surface area contributed by atoms with E-state index < -0.39 is 17.0 Å². The molecule has 1 fully saturated rings. The Morgan fingerprint density at radius 2 is 2.21 bits per heavy atom. The number of anilines is 1. The van der Waals surface area contributed by atoms with Gasteiger partial charge in [0.05, 0.1) is 6.10 Å². The fourth-order valence-corrected chi connectivity index (χ4v) is 3.59. The van der Waals surface area contributed by atoms with E-state index in [1.54, 1.807) is 7.11 Å². The largest absolute Gasteiger partial charge is 0.484 e. The number of nitrogens with two attached hydrogens (primary N) is 1. The highest BCUT2D eigenvalue weighted by Crippen LogP contribution is 2.46. The number of methoxy groups -OCH3 is 1. The Labute approximate surface area is 145 Å². The van der Waals surface area contributed by atoms with Crippen molar-refractivity contribution < 1.29 is 19.4 Å². The van der Waals surface area contributed by atoms with Crippen LogP contribution >= 0.6 is 11.6 Å². The molecule has 0 saturated carbocycles. The number of aromatic nitrogens is 2. The van der Waals surface area contributed by atoms with E-state index in [4.69, 9.17) is 26.8 Å². The molecule has 2 heterocycles. The fraction of sp³-hybridized carbons (Fsp3) is 0.667. The molecule has 1 aliphatic rings.